The minimum absolute atomic E-state index is 0.378. The van der Waals surface area contributed by atoms with E-state index >= 15 is 0 Å². The summed E-state index contributed by atoms with van der Waals surface area (Å²) in [5.41, 5.74) is 0.985. The summed E-state index contributed by atoms with van der Waals surface area (Å²) in [6.07, 6.45) is -4.01. The first-order valence-electron chi connectivity index (χ1n) is 7.11. The average molecular weight is 446 g/mol. The second-order valence-corrected chi connectivity index (χ2v) is 6.13. The lowest BCUT2D eigenvalue weighted by atomic mass is 10.1. The van der Waals surface area contributed by atoms with Crippen molar-refractivity contribution in [1.29, 1.82) is 0 Å². The number of hydrogen-bond acceptors (Lipinski definition) is 2. The third-order valence-electron chi connectivity index (χ3n) is 3.12. The summed E-state index contributed by atoms with van der Waals surface area (Å²) in [5, 5.41) is 0. The van der Waals surface area contributed by atoms with Gasteiger partial charge in [-0.05, 0) is 46.4 Å². The Labute approximate surface area is 151 Å². The Bertz CT molecular complexity index is 712. The largest absolute Gasteiger partial charge is 0.450 e. The van der Waals surface area contributed by atoms with Crippen LogP contribution in [0.5, 0.6) is 0 Å². The van der Waals surface area contributed by atoms with Crippen LogP contribution in [0.25, 0.3) is 0 Å². The van der Waals surface area contributed by atoms with Crippen LogP contribution in [0.1, 0.15) is 28.4 Å². The third-order valence-corrected chi connectivity index (χ3v) is 4.06. The average Bonchev–Trinajstić information content (AvgIpc) is 2.54. The molecule has 24 heavy (non-hydrogen) atoms. The molecule has 1 atom stereocenters. The van der Waals surface area contributed by atoms with Crippen molar-refractivity contribution in [3.8, 4) is 0 Å². The van der Waals surface area contributed by atoms with Gasteiger partial charge >= 0.3 is 12.1 Å². The third kappa shape index (κ3) is 5.67. The number of halogens is 4. The number of ether oxygens (including phenoxy) is 1. The lowest BCUT2D eigenvalue weighted by Gasteiger charge is -2.16. The van der Waals surface area contributed by atoms with E-state index in [-0.39, 0.29) is 0 Å². The number of esters is 1. The smallest absolute Gasteiger partial charge is 0.392 e. The van der Waals surface area contributed by atoms with Crippen LogP contribution in [0, 0.1) is 3.57 Å². The fraction of sp³-hybridized carbons (Fsp3) is 0.167. The molecular weight excluding hydrogens is 432 g/mol. The van der Waals surface area contributed by atoms with Crippen molar-refractivity contribution in [2.45, 2.75) is 18.7 Å². The quantitative estimate of drug-likeness (QED) is 0.335. The molecular formula is C18H14F3IO2. The highest BCUT2D eigenvalue weighted by Gasteiger charge is 2.25. The van der Waals surface area contributed by atoms with Crippen molar-refractivity contribution in [1.82, 2.24) is 0 Å². The molecule has 0 saturated carbocycles. The second kappa shape index (κ2) is 8.32. The van der Waals surface area contributed by atoms with E-state index in [0.29, 0.717) is 14.7 Å². The van der Waals surface area contributed by atoms with E-state index in [9.17, 15) is 18.0 Å². The van der Waals surface area contributed by atoms with Crippen molar-refractivity contribution < 1.29 is 22.7 Å². The number of carbonyl (C=O) groups is 1. The lowest BCUT2D eigenvalue weighted by molar-refractivity contribution is -0.125. The number of alkyl halides is 3. The molecule has 0 unspecified atom stereocenters. The Morgan fingerprint density at radius 3 is 2.33 bits per heavy atom. The van der Waals surface area contributed by atoms with Crippen LogP contribution in [-0.4, -0.2) is 12.1 Å². The molecule has 6 heteroatoms. The maximum absolute atomic E-state index is 12.3. The van der Waals surface area contributed by atoms with E-state index in [1.54, 1.807) is 54.6 Å². The molecule has 0 radical (unpaired) electrons. The van der Waals surface area contributed by atoms with Gasteiger partial charge in [0.2, 0.25) is 0 Å². The van der Waals surface area contributed by atoms with Gasteiger partial charge in [0.15, 0.2) is 0 Å². The number of carbonyl (C=O) groups excluding carboxylic acids is 1. The monoisotopic (exact) mass is 446 g/mol. The summed E-state index contributed by atoms with van der Waals surface area (Å²) in [6, 6.07) is 15.5. The van der Waals surface area contributed by atoms with Gasteiger partial charge in [-0.15, -0.1) is 0 Å². The molecule has 0 heterocycles. The SMILES string of the molecule is O=C(O[C@@H](/C=C/CC(F)(F)F)c1ccccc1)c1ccccc1I. The highest BCUT2D eigenvalue weighted by molar-refractivity contribution is 14.1. The lowest BCUT2D eigenvalue weighted by Crippen LogP contribution is -2.12. The summed E-state index contributed by atoms with van der Waals surface area (Å²) in [4.78, 5) is 12.3. The highest BCUT2D eigenvalue weighted by Crippen LogP contribution is 2.25. The second-order valence-electron chi connectivity index (χ2n) is 4.96. The fourth-order valence-corrected chi connectivity index (χ4v) is 2.60. The van der Waals surface area contributed by atoms with Gasteiger partial charge in [-0.25, -0.2) is 4.79 Å². The molecule has 0 fully saturated rings. The number of benzene rings is 2. The predicted molar refractivity (Wildman–Crippen MR) is 93.6 cm³/mol. The molecule has 0 amide bonds. The summed E-state index contributed by atoms with van der Waals surface area (Å²) >= 11 is 2.01. The molecule has 0 aliphatic heterocycles. The minimum Gasteiger partial charge on any atom is -0.450 e. The zero-order valence-corrected chi connectivity index (χ0v) is 14.6. The van der Waals surface area contributed by atoms with Gasteiger partial charge in [0.1, 0.15) is 6.10 Å². The molecule has 0 bridgehead atoms. The van der Waals surface area contributed by atoms with Crippen molar-refractivity contribution in [2.75, 3.05) is 0 Å². The van der Waals surface area contributed by atoms with Gasteiger partial charge in [0.25, 0.3) is 0 Å². The molecule has 2 nitrogen and oxygen atoms in total. The molecule has 0 N–H and O–H groups in total. The van der Waals surface area contributed by atoms with E-state index in [0.717, 1.165) is 6.08 Å². The van der Waals surface area contributed by atoms with Gasteiger partial charge in [0, 0.05) is 3.57 Å². The van der Waals surface area contributed by atoms with Crippen LogP contribution >= 0.6 is 22.6 Å². The summed E-state index contributed by atoms with van der Waals surface area (Å²) in [6.45, 7) is 0. The van der Waals surface area contributed by atoms with Crippen molar-refractivity contribution in [3.05, 3.63) is 81.4 Å². The Morgan fingerprint density at radius 1 is 1.08 bits per heavy atom. The maximum atomic E-state index is 12.3. The highest BCUT2D eigenvalue weighted by atomic mass is 127. The normalized spacial score (nSPS) is 13.0. The Kier molecular flexibility index (Phi) is 6.42. The zero-order chi connectivity index (χ0) is 17.6. The van der Waals surface area contributed by atoms with E-state index in [1.807, 2.05) is 22.6 Å². The van der Waals surface area contributed by atoms with Crippen LogP contribution in [0.4, 0.5) is 13.2 Å². The van der Waals surface area contributed by atoms with Gasteiger partial charge < -0.3 is 4.74 Å². The first kappa shape index (κ1) is 18.5. The van der Waals surface area contributed by atoms with Crippen molar-refractivity contribution in [2.24, 2.45) is 0 Å². The van der Waals surface area contributed by atoms with Gasteiger partial charge in [-0.1, -0.05) is 48.5 Å². The van der Waals surface area contributed by atoms with Gasteiger partial charge in [0.05, 0.1) is 12.0 Å². The number of rotatable bonds is 5. The topological polar surface area (TPSA) is 26.3 Å². The molecule has 0 aliphatic carbocycles. The fourth-order valence-electron chi connectivity index (χ4n) is 1.99. The number of allylic oxidation sites excluding steroid dienone is 1. The minimum atomic E-state index is -4.30. The first-order chi connectivity index (χ1) is 11.4. The molecule has 2 rings (SSSR count). The molecule has 0 aromatic heterocycles. The number of hydrogen-bond donors (Lipinski definition) is 0. The predicted octanol–water partition coefficient (Wildman–Crippen LogP) is 5.70. The molecule has 2 aromatic rings. The van der Waals surface area contributed by atoms with Crippen LogP contribution < -0.4 is 0 Å². The standard InChI is InChI=1S/C18H14F3IO2/c19-18(20,21)12-6-11-16(13-7-2-1-3-8-13)24-17(23)14-9-4-5-10-15(14)22/h1-11,16H,12H2/b11-6+/t16-/m0/s1. The molecule has 2 aromatic carbocycles. The Morgan fingerprint density at radius 2 is 1.71 bits per heavy atom. The van der Waals surface area contributed by atoms with E-state index < -0.39 is 24.7 Å². The van der Waals surface area contributed by atoms with E-state index in [2.05, 4.69) is 0 Å². The Balaban J connectivity index is 2.20. The summed E-state index contributed by atoms with van der Waals surface area (Å²) < 4.78 is 43.1. The maximum Gasteiger partial charge on any atom is 0.392 e. The van der Waals surface area contributed by atoms with Crippen molar-refractivity contribution >= 4 is 28.6 Å². The van der Waals surface area contributed by atoms with Crippen LogP contribution in [0.2, 0.25) is 0 Å². The summed E-state index contributed by atoms with van der Waals surface area (Å²) in [5.74, 6) is -0.578. The molecule has 0 spiro atoms. The summed E-state index contributed by atoms with van der Waals surface area (Å²) in [7, 11) is 0. The van der Waals surface area contributed by atoms with Gasteiger partial charge in [-0.3, -0.25) is 0 Å². The Hall–Kier alpha value is -1.83. The molecule has 0 saturated heterocycles. The van der Waals surface area contributed by atoms with E-state index in [1.165, 1.54) is 6.08 Å². The van der Waals surface area contributed by atoms with Crippen molar-refractivity contribution in [3.63, 3.8) is 0 Å². The van der Waals surface area contributed by atoms with Crippen LogP contribution in [0.15, 0.2) is 66.7 Å². The van der Waals surface area contributed by atoms with E-state index in [4.69, 9.17) is 4.74 Å². The molecule has 0 aliphatic rings. The molecule has 126 valence electrons. The van der Waals surface area contributed by atoms with Gasteiger partial charge in [-0.2, -0.15) is 13.2 Å². The van der Waals surface area contributed by atoms with Crippen LogP contribution in [-0.2, 0) is 4.74 Å². The van der Waals surface area contributed by atoms with Crippen LogP contribution in [0.3, 0.4) is 0 Å². The zero-order valence-electron chi connectivity index (χ0n) is 12.5. The first-order valence-corrected chi connectivity index (χ1v) is 8.18.